The Balaban J connectivity index is 1.67. The monoisotopic (exact) mass is 487 g/mol. The van der Waals surface area contributed by atoms with Crippen LogP contribution in [0.25, 0.3) is 11.1 Å². The Kier molecular flexibility index (Phi) is 6.84. The number of aryl methyl sites for hydroxylation is 2. The average Bonchev–Trinajstić information content (AvgIpc) is 2.87. The second kappa shape index (κ2) is 9.99. The minimum atomic E-state index is -4.01. The van der Waals surface area contributed by atoms with E-state index in [-0.39, 0.29) is 10.6 Å². The number of ether oxygens (including phenoxy) is 1. The van der Waals surface area contributed by atoms with Crippen molar-refractivity contribution in [2.75, 3.05) is 17.1 Å². The van der Waals surface area contributed by atoms with E-state index < -0.39 is 15.9 Å². The summed E-state index contributed by atoms with van der Waals surface area (Å²) in [5.41, 5.74) is 4.36. The zero-order valence-corrected chi connectivity index (χ0v) is 20.4. The maximum absolute atomic E-state index is 13.3. The number of para-hydroxylation sites is 1. The maximum atomic E-state index is 13.3. The fourth-order valence-electron chi connectivity index (χ4n) is 3.77. The number of hydrogen-bond donors (Lipinski definition) is 2. The third-order valence-electron chi connectivity index (χ3n) is 5.58. The van der Waals surface area contributed by atoms with Crippen molar-refractivity contribution in [1.29, 1.82) is 0 Å². The molecule has 0 spiro atoms. The third-order valence-corrected chi connectivity index (χ3v) is 6.95. The van der Waals surface area contributed by atoms with Gasteiger partial charge < -0.3 is 10.1 Å². The van der Waals surface area contributed by atoms with Crippen molar-refractivity contribution in [2.45, 2.75) is 18.7 Å². The van der Waals surface area contributed by atoms with Gasteiger partial charge in [-0.05, 0) is 60.4 Å². The van der Waals surface area contributed by atoms with Crippen LogP contribution in [0.4, 0.5) is 11.4 Å². The first-order chi connectivity index (χ1) is 16.8. The molecule has 1 heterocycles. The Labute approximate surface area is 204 Å². The Morgan fingerprint density at radius 2 is 1.63 bits per heavy atom. The van der Waals surface area contributed by atoms with Gasteiger partial charge in [0.1, 0.15) is 10.6 Å². The van der Waals surface area contributed by atoms with Crippen molar-refractivity contribution in [2.24, 2.45) is 0 Å². The van der Waals surface area contributed by atoms with E-state index in [9.17, 15) is 13.2 Å². The Bertz CT molecular complexity index is 1470. The zero-order valence-electron chi connectivity index (χ0n) is 19.6. The highest BCUT2D eigenvalue weighted by molar-refractivity contribution is 7.92. The highest BCUT2D eigenvalue weighted by Crippen LogP contribution is 2.31. The molecule has 0 saturated carbocycles. The molecule has 0 fully saturated rings. The first-order valence-electron chi connectivity index (χ1n) is 10.9. The molecule has 0 saturated heterocycles. The van der Waals surface area contributed by atoms with Gasteiger partial charge in [-0.25, -0.2) is 8.42 Å². The number of carbonyl (C=O) groups is 1. The molecule has 2 N–H and O–H groups in total. The van der Waals surface area contributed by atoms with Crippen LogP contribution >= 0.6 is 0 Å². The van der Waals surface area contributed by atoms with Gasteiger partial charge >= 0.3 is 0 Å². The van der Waals surface area contributed by atoms with Crippen LogP contribution in [0.15, 0.2) is 90.1 Å². The lowest BCUT2D eigenvalue weighted by Crippen LogP contribution is -2.17. The number of aromatic nitrogens is 1. The third kappa shape index (κ3) is 5.17. The molecule has 0 atom stereocenters. The number of nitrogens with one attached hydrogen (secondary N) is 2. The zero-order chi connectivity index (χ0) is 25.0. The molecular weight excluding hydrogens is 462 g/mol. The van der Waals surface area contributed by atoms with E-state index in [4.69, 9.17) is 4.74 Å². The molecule has 35 heavy (non-hydrogen) atoms. The number of carbonyl (C=O) groups excluding carboxylic acids is 1. The molecule has 0 unspecified atom stereocenters. The molecule has 178 valence electrons. The summed E-state index contributed by atoms with van der Waals surface area (Å²) in [6, 6.07) is 21.3. The van der Waals surface area contributed by atoms with E-state index >= 15 is 0 Å². The molecule has 1 aromatic heterocycles. The molecule has 1 amide bonds. The van der Waals surface area contributed by atoms with Crippen molar-refractivity contribution in [3.63, 3.8) is 0 Å². The largest absolute Gasteiger partial charge is 0.495 e. The standard InChI is InChI=1S/C27H25N3O4S/c1-18-8-7-9-19(2)26(18)30-35(32,33)25-16-21(12-13-24(25)34-3)29-27(31)23-17-28-15-14-22(23)20-10-5-4-6-11-20/h4-17,30H,1-3H3,(H,29,31). The van der Waals surface area contributed by atoms with Gasteiger partial charge in [-0.3, -0.25) is 14.5 Å². The van der Waals surface area contributed by atoms with E-state index in [0.29, 0.717) is 16.9 Å². The van der Waals surface area contributed by atoms with Gasteiger partial charge in [-0.15, -0.1) is 0 Å². The van der Waals surface area contributed by atoms with Crippen LogP contribution in [0.5, 0.6) is 5.75 Å². The fraction of sp³-hybridized carbons (Fsp3) is 0.111. The highest BCUT2D eigenvalue weighted by atomic mass is 32.2. The van der Waals surface area contributed by atoms with E-state index in [1.54, 1.807) is 18.3 Å². The van der Waals surface area contributed by atoms with Gasteiger partial charge in [0.05, 0.1) is 18.4 Å². The number of hydrogen-bond acceptors (Lipinski definition) is 5. The molecule has 8 heteroatoms. The van der Waals surface area contributed by atoms with Crippen molar-refractivity contribution in [1.82, 2.24) is 4.98 Å². The molecule has 3 aromatic carbocycles. The first kappa shape index (κ1) is 24.0. The Morgan fingerprint density at radius 3 is 2.31 bits per heavy atom. The van der Waals surface area contributed by atoms with Gasteiger partial charge in [0, 0.05) is 18.1 Å². The van der Waals surface area contributed by atoms with E-state index in [1.807, 2.05) is 62.4 Å². The van der Waals surface area contributed by atoms with Crippen LogP contribution in [-0.4, -0.2) is 26.4 Å². The lowest BCUT2D eigenvalue weighted by atomic mass is 10.0. The SMILES string of the molecule is COc1ccc(NC(=O)c2cnccc2-c2ccccc2)cc1S(=O)(=O)Nc1c(C)cccc1C. The van der Waals surface area contributed by atoms with E-state index in [0.717, 1.165) is 22.3 Å². The van der Waals surface area contributed by atoms with Gasteiger partial charge in [0.2, 0.25) is 0 Å². The molecule has 0 radical (unpaired) electrons. The summed E-state index contributed by atoms with van der Waals surface area (Å²) in [6.45, 7) is 3.66. The predicted octanol–water partition coefficient (Wildman–Crippen LogP) is 5.43. The number of anilines is 2. The summed E-state index contributed by atoms with van der Waals surface area (Å²) in [5, 5.41) is 2.79. The van der Waals surface area contributed by atoms with Crippen LogP contribution in [0.3, 0.4) is 0 Å². The maximum Gasteiger partial charge on any atom is 0.265 e. The summed E-state index contributed by atoms with van der Waals surface area (Å²) in [5.74, 6) is -0.249. The van der Waals surface area contributed by atoms with E-state index in [2.05, 4.69) is 15.0 Å². The number of rotatable bonds is 7. The average molecular weight is 488 g/mol. The Morgan fingerprint density at radius 1 is 0.914 bits per heavy atom. The first-order valence-corrected chi connectivity index (χ1v) is 12.4. The minimum Gasteiger partial charge on any atom is -0.495 e. The van der Waals surface area contributed by atoms with E-state index in [1.165, 1.54) is 25.4 Å². The minimum absolute atomic E-state index is 0.0880. The second-order valence-corrected chi connectivity index (χ2v) is 9.63. The number of sulfonamides is 1. The van der Waals surface area contributed by atoms with Crippen molar-refractivity contribution in [3.05, 3.63) is 102 Å². The lowest BCUT2D eigenvalue weighted by Gasteiger charge is -2.16. The van der Waals surface area contributed by atoms with Crippen LogP contribution in [0, 0.1) is 13.8 Å². The molecule has 4 aromatic rings. The van der Waals surface area contributed by atoms with Crippen LogP contribution in [-0.2, 0) is 10.0 Å². The lowest BCUT2D eigenvalue weighted by molar-refractivity contribution is 0.102. The molecule has 0 aliphatic heterocycles. The van der Waals surface area contributed by atoms with Crippen LogP contribution < -0.4 is 14.8 Å². The summed E-state index contributed by atoms with van der Waals surface area (Å²) in [4.78, 5) is 17.2. The summed E-state index contributed by atoms with van der Waals surface area (Å²) in [6.07, 6.45) is 3.11. The summed E-state index contributed by atoms with van der Waals surface area (Å²) >= 11 is 0. The topological polar surface area (TPSA) is 97.4 Å². The molecular formula is C27H25N3O4S. The smallest absolute Gasteiger partial charge is 0.265 e. The van der Waals surface area contributed by atoms with Crippen LogP contribution in [0.2, 0.25) is 0 Å². The summed E-state index contributed by atoms with van der Waals surface area (Å²) < 4.78 is 34.6. The molecule has 0 bridgehead atoms. The predicted molar refractivity (Wildman–Crippen MR) is 137 cm³/mol. The summed E-state index contributed by atoms with van der Waals surface area (Å²) in [7, 11) is -2.62. The van der Waals surface area contributed by atoms with Gasteiger partial charge in [0.25, 0.3) is 15.9 Å². The number of methoxy groups -OCH3 is 1. The molecule has 7 nitrogen and oxygen atoms in total. The quantitative estimate of drug-likeness (QED) is 0.362. The van der Waals surface area contributed by atoms with Crippen LogP contribution in [0.1, 0.15) is 21.5 Å². The number of benzene rings is 3. The number of amides is 1. The van der Waals surface area contributed by atoms with Crippen molar-refractivity contribution >= 4 is 27.3 Å². The van der Waals surface area contributed by atoms with Gasteiger partial charge in [-0.1, -0.05) is 48.5 Å². The van der Waals surface area contributed by atoms with Gasteiger partial charge in [0.15, 0.2) is 0 Å². The fourth-order valence-corrected chi connectivity index (χ4v) is 5.17. The normalized spacial score (nSPS) is 11.1. The molecule has 0 aliphatic carbocycles. The molecule has 4 rings (SSSR count). The van der Waals surface area contributed by atoms with Crippen molar-refractivity contribution in [3.8, 4) is 16.9 Å². The Hall–Kier alpha value is -4.17. The number of pyridine rings is 1. The van der Waals surface area contributed by atoms with Gasteiger partial charge in [-0.2, -0.15) is 0 Å². The second-order valence-electron chi connectivity index (χ2n) is 7.98. The number of nitrogens with zero attached hydrogens (tertiary/aromatic N) is 1. The molecule has 0 aliphatic rings. The highest BCUT2D eigenvalue weighted by Gasteiger charge is 2.23. The van der Waals surface area contributed by atoms with Crippen molar-refractivity contribution < 1.29 is 17.9 Å².